The molecule has 2 N–H and O–H groups in total. The van der Waals surface area contributed by atoms with Gasteiger partial charge in [-0.05, 0) is 47.7 Å². The summed E-state index contributed by atoms with van der Waals surface area (Å²) in [6.07, 6.45) is 2.19. The minimum Gasteiger partial charge on any atom is -0.496 e. The first kappa shape index (κ1) is 30.3. The second-order valence-corrected chi connectivity index (χ2v) is 11.0. The van der Waals surface area contributed by atoms with E-state index in [1.807, 2.05) is 71.6 Å². The number of carbonyl (C=O) groups is 2. The maximum Gasteiger partial charge on any atom is 0.249 e. The lowest BCUT2D eigenvalue weighted by Crippen LogP contribution is -2.61. The Kier molecular flexibility index (Phi) is 10.5. The van der Waals surface area contributed by atoms with Gasteiger partial charge in [0.05, 0.1) is 33.0 Å². The van der Waals surface area contributed by atoms with Crippen molar-refractivity contribution < 1.29 is 23.8 Å². The van der Waals surface area contributed by atoms with E-state index in [1.54, 1.807) is 14.0 Å². The number of carbonyl (C=O) groups excluding carboxylic acids is 2. The number of methoxy groups -OCH3 is 1. The number of rotatable bonds is 13. The fourth-order valence-electron chi connectivity index (χ4n) is 5.81. The zero-order chi connectivity index (χ0) is 30.0. The van der Waals surface area contributed by atoms with Gasteiger partial charge in [-0.15, -0.1) is 0 Å². The number of nitrogens with zero attached hydrogens (tertiary/aromatic N) is 1. The first-order chi connectivity index (χ1) is 21.0. The van der Waals surface area contributed by atoms with E-state index in [2.05, 4.69) is 22.8 Å². The molecule has 2 unspecified atom stereocenters. The van der Waals surface area contributed by atoms with E-state index in [9.17, 15) is 9.59 Å². The van der Waals surface area contributed by atoms with Crippen molar-refractivity contribution in [1.82, 2.24) is 15.5 Å². The van der Waals surface area contributed by atoms with Crippen molar-refractivity contribution >= 4 is 17.4 Å². The summed E-state index contributed by atoms with van der Waals surface area (Å²) in [4.78, 5) is 27.7. The standard InChI is InChI=1S/C35H41N3O5/c1-25(39)38-22-29-21-31(34(32(23-38)37-29)35(40)36-18-17-26-9-4-3-5-10-26)27-13-15-30(16-14-27)43-20-8-19-42-24-28-11-6-7-12-33(28)41-2/h3-7,9-16,29,32,37H,8,17-24H2,1-2H3,(H,36,40). The monoisotopic (exact) mass is 583 g/mol. The molecule has 43 heavy (non-hydrogen) atoms. The molecule has 3 aromatic rings. The Morgan fingerprint density at radius 1 is 0.953 bits per heavy atom. The van der Waals surface area contributed by atoms with Gasteiger partial charge in [-0.25, -0.2) is 0 Å². The van der Waals surface area contributed by atoms with Crippen LogP contribution in [0.25, 0.3) is 5.57 Å². The van der Waals surface area contributed by atoms with Crippen LogP contribution in [0.1, 0.15) is 36.5 Å². The van der Waals surface area contributed by atoms with E-state index in [4.69, 9.17) is 14.2 Å². The van der Waals surface area contributed by atoms with Crippen molar-refractivity contribution in [3.05, 3.63) is 101 Å². The molecule has 0 saturated carbocycles. The third-order valence-electron chi connectivity index (χ3n) is 7.99. The molecular formula is C35H41N3O5. The van der Waals surface area contributed by atoms with Gasteiger partial charge >= 0.3 is 0 Å². The summed E-state index contributed by atoms with van der Waals surface area (Å²) >= 11 is 0. The molecule has 226 valence electrons. The predicted octanol–water partition coefficient (Wildman–Crippen LogP) is 4.39. The third-order valence-corrected chi connectivity index (χ3v) is 7.99. The molecule has 1 fully saturated rings. The average molecular weight is 584 g/mol. The van der Waals surface area contributed by atoms with Crippen LogP contribution in [0.2, 0.25) is 0 Å². The molecule has 0 aromatic heterocycles. The average Bonchev–Trinajstić information content (AvgIpc) is 3.03. The Bertz CT molecular complexity index is 1410. The highest BCUT2D eigenvalue weighted by molar-refractivity contribution is 6.03. The predicted molar refractivity (Wildman–Crippen MR) is 167 cm³/mol. The number of piperazine rings is 1. The minimum atomic E-state index is -0.213. The SMILES string of the molecule is COc1ccccc1COCCCOc1ccc(C2=C(C(=O)NCCc3ccccc3)C3CN(C(C)=O)CC(C2)N3)cc1. The van der Waals surface area contributed by atoms with Gasteiger partial charge in [0.2, 0.25) is 11.8 Å². The van der Waals surface area contributed by atoms with Crippen molar-refractivity contribution in [1.29, 1.82) is 0 Å². The lowest BCUT2D eigenvalue weighted by Gasteiger charge is -2.44. The van der Waals surface area contributed by atoms with Crippen LogP contribution < -0.4 is 20.1 Å². The number of fused-ring (bicyclic) bond motifs is 2. The van der Waals surface area contributed by atoms with Gasteiger partial charge < -0.3 is 29.7 Å². The van der Waals surface area contributed by atoms with Crippen molar-refractivity contribution in [2.75, 3.05) is 40.0 Å². The number of ether oxygens (including phenoxy) is 3. The summed E-state index contributed by atoms with van der Waals surface area (Å²) in [6.45, 7) is 4.88. The zero-order valence-electron chi connectivity index (χ0n) is 25.0. The molecule has 0 aliphatic carbocycles. The van der Waals surface area contributed by atoms with E-state index in [-0.39, 0.29) is 23.9 Å². The topological polar surface area (TPSA) is 89.1 Å². The molecule has 0 radical (unpaired) electrons. The normalized spacial score (nSPS) is 17.9. The molecular weight excluding hydrogens is 542 g/mol. The van der Waals surface area contributed by atoms with Gasteiger partial charge in [0.15, 0.2) is 0 Å². The maximum atomic E-state index is 13.6. The molecule has 2 aliphatic rings. The molecule has 2 bridgehead atoms. The van der Waals surface area contributed by atoms with E-state index in [0.29, 0.717) is 45.9 Å². The molecule has 2 amide bonds. The third kappa shape index (κ3) is 8.03. The summed E-state index contributed by atoms with van der Waals surface area (Å²) in [6, 6.07) is 25.9. The number of para-hydroxylation sites is 1. The fourth-order valence-corrected chi connectivity index (χ4v) is 5.81. The Balaban J connectivity index is 1.20. The summed E-state index contributed by atoms with van der Waals surface area (Å²) in [5.74, 6) is 1.56. The van der Waals surface area contributed by atoms with Crippen LogP contribution in [-0.4, -0.2) is 68.8 Å². The number of hydrogen-bond acceptors (Lipinski definition) is 6. The zero-order valence-corrected chi connectivity index (χ0v) is 25.0. The van der Waals surface area contributed by atoms with Crippen molar-refractivity contribution in [2.24, 2.45) is 0 Å². The Labute approximate surface area is 254 Å². The lowest BCUT2D eigenvalue weighted by atomic mass is 9.83. The Morgan fingerprint density at radius 3 is 2.49 bits per heavy atom. The van der Waals surface area contributed by atoms with Gasteiger partial charge in [0, 0.05) is 50.2 Å². The van der Waals surface area contributed by atoms with Gasteiger partial charge in [0.1, 0.15) is 11.5 Å². The van der Waals surface area contributed by atoms with Crippen molar-refractivity contribution in [3.8, 4) is 11.5 Å². The quantitative estimate of drug-likeness (QED) is 0.290. The largest absolute Gasteiger partial charge is 0.496 e. The number of hydrogen-bond donors (Lipinski definition) is 2. The van der Waals surface area contributed by atoms with E-state index >= 15 is 0 Å². The highest BCUT2D eigenvalue weighted by atomic mass is 16.5. The molecule has 1 saturated heterocycles. The van der Waals surface area contributed by atoms with Crippen LogP contribution in [0, 0.1) is 0 Å². The molecule has 3 aromatic carbocycles. The van der Waals surface area contributed by atoms with Crippen LogP contribution in [0.15, 0.2) is 84.4 Å². The van der Waals surface area contributed by atoms with Crippen LogP contribution in [0.3, 0.4) is 0 Å². The molecule has 0 spiro atoms. The van der Waals surface area contributed by atoms with Crippen LogP contribution in [-0.2, 0) is 27.4 Å². The molecule has 8 nitrogen and oxygen atoms in total. The number of benzene rings is 3. The highest BCUT2D eigenvalue weighted by Crippen LogP contribution is 2.34. The smallest absolute Gasteiger partial charge is 0.249 e. The highest BCUT2D eigenvalue weighted by Gasteiger charge is 2.38. The molecule has 2 atom stereocenters. The summed E-state index contributed by atoms with van der Waals surface area (Å²) < 4.78 is 17.2. The Morgan fingerprint density at radius 2 is 1.72 bits per heavy atom. The van der Waals surface area contributed by atoms with Crippen LogP contribution in [0.5, 0.6) is 11.5 Å². The number of nitrogens with one attached hydrogen (secondary N) is 2. The van der Waals surface area contributed by atoms with Crippen LogP contribution >= 0.6 is 0 Å². The van der Waals surface area contributed by atoms with Crippen molar-refractivity contribution in [3.63, 3.8) is 0 Å². The number of amides is 2. The molecule has 2 aliphatic heterocycles. The summed E-state index contributed by atoms with van der Waals surface area (Å²) in [7, 11) is 1.66. The summed E-state index contributed by atoms with van der Waals surface area (Å²) in [5, 5.41) is 6.73. The molecule has 5 rings (SSSR count). The summed E-state index contributed by atoms with van der Waals surface area (Å²) in [5.41, 5.74) is 4.96. The van der Waals surface area contributed by atoms with Gasteiger partial charge in [0.25, 0.3) is 0 Å². The molecule has 8 heteroatoms. The van der Waals surface area contributed by atoms with Crippen LogP contribution in [0.4, 0.5) is 0 Å². The van der Waals surface area contributed by atoms with Gasteiger partial charge in [-0.2, -0.15) is 0 Å². The second kappa shape index (κ2) is 14.8. The Hall–Kier alpha value is -4.14. The van der Waals surface area contributed by atoms with E-state index in [0.717, 1.165) is 46.6 Å². The first-order valence-electron chi connectivity index (χ1n) is 15.0. The molecule has 2 heterocycles. The van der Waals surface area contributed by atoms with Gasteiger partial charge in [-0.1, -0.05) is 60.7 Å². The second-order valence-electron chi connectivity index (χ2n) is 11.0. The maximum absolute atomic E-state index is 13.6. The fraction of sp³-hybridized carbons (Fsp3) is 0.371. The lowest BCUT2D eigenvalue weighted by molar-refractivity contribution is -0.131. The van der Waals surface area contributed by atoms with Gasteiger partial charge in [-0.3, -0.25) is 9.59 Å². The van der Waals surface area contributed by atoms with Crippen molar-refractivity contribution in [2.45, 2.75) is 44.9 Å². The van der Waals surface area contributed by atoms with E-state index in [1.165, 1.54) is 5.56 Å². The minimum absolute atomic E-state index is 0.0375. The first-order valence-corrected chi connectivity index (χ1v) is 15.0. The van der Waals surface area contributed by atoms with E-state index < -0.39 is 0 Å².